The van der Waals surface area contributed by atoms with Crippen LogP contribution in [0.5, 0.6) is 5.75 Å². The predicted octanol–water partition coefficient (Wildman–Crippen LogP) is 5.33. The third kappa shape index (κ3) is 8.01. The number of non-ortho nitro benzene ring substituents is 1. The third-order valence-electron chi connectivity index (χ3n) is 4.49. The summed E-state index contributed by atoms with van der Waals surface area (Å²) >= 11 is 0. The molecule has 14 heteroatoms. The summed E-state index contributed by atoms with van der Waals surface area (Å²) in [5.74, 6) is -0.963. The lowest BCUT2D eigenvalue weighted by Crippen LogP contribution is -2.36. The van der Waals surface area contributed by atoms with E-state index in [0.717, 1.165) is 4.90 Å². The van der Waals surface area contributed by atoms with Gasteiger partial charge in [0.25, 0.3) is 11.6 Å². The minimum absolute atomic E-state index is 0.0574. The van der Waals surface area contributed by atoms with Gasteiger partial charge in [0.05, 0.1) is 11.2 Å². The molecule has 1 aromatic carbocycles. The molecule has 0 N–H and O–H groups in total. The lowest BCUT2D eigenvalue weighted by atomic mass is 10.2. The van der Waals surface area contributed by atoms with Crippen LogP contribution in [0.15, 0.2) is 68.0 Å². The number of esters is 1. The van der Waals surface area contributed by atoms with E-state index in [4.69, 9.17) is 23.0 Å². The molecule has 0 saturated heterocycles. The number of carbonyl (C=O) groups excluding carboxylic acids is 3. The van der Waals surface area contributed by atoms with Gasteiger partial charge in [-0.1, -0.05) is 0 Å². The molecule has 0 aliphatic heterocycles. The normalized spacial score (nSPS) is 11.3. The first-order valence-electron chi connectivity index (χ1n) is 11.0. The number of likely N-dealkylation sites (N-methyl/N-ethyl adjacent to an activating group) is 1. The van der Waals surface area contributed by atoms with Crippen LogP contribution in [-0.4, -0.2) is 47.0 Å². The Bertz CT molecular complexity index is 1330. The highest BCUT2D eigenvalue weighted by Gasteiger charge is 2.22. The van der Waals surface area contributed by atoms with E-state index in [1.165, 1.54) is 56.0 Å². The van der Waals surface area contributed by atoms with Gasteiger partial charge in [0.1, 0.15) is 35.5 Å². The maximum atomic E-state index is 12.5. The lowest BCUT2D eigenvalue weighted by molar-refractivity contribution is -0.384. The van der Waals surface area contributed by atoms with Gasteiger partial charge in [-0.15, -0.1) is 10.2 Å². The van der Waals surface area contributed by atoms with Gasteiger partial charge in [-0.2, -0.15) is 0 Å². The van der Waals surface area contributed by atoms with Gasteiger partial charge in [-0.3, -0.25) is 19.7 Å². The number of nitrogens with zero attached hydrogens (tertiary/aromatic N) is 4. The number of carbonyl (C=O) groups is 3. The summed E-state index contributed by atoms with van der Waals surface area (Å²) in [5.41, 5.74) is -0.379. The number of hydrogen-bond donors (Lipinski definition) is 0. The highest BCUT2D eigenvalue weighted by Crippen LogP contribution is 2.26. The van der Waals surface area contributed by atoms with Gasteiger partial charge < -0.3 is 27.9 Å². The van der Waals surface area contributed by atoms with Crippen molar-refractivity contribution in [1.29, 1.82) is 0 Å². The molecule has 38 heavy (non-hydrogen) atoms. The maximum absolute atomic E-state index is 12.5. The van der Waals surface area contributed by atoms with Crippen molar-refractivity contribution in [3.63, 3.8) is 0 Å². The van der Waals surface area contributed by atoms with Crippen LogP contribution in [0.25, 0.3) is 0 Å². The van der Waals surface area contributed by atoms with E-state index in [2.05, 4.69) is 10.2 Å². The topological polar surface area (TPSA) is 176 Å². The van der Waals surface area contributed by atoms with Gasteiger partial charge in [-0.05, 0) is 32.9 Å². The Hall–Kier alpha value is -5.01. The maximum Gasteiger partial charge on any atom is 0.514 e. The average Bonchev–Trinajstić information content (AvgIpc) is 3.49. The lowest BCUT2D eigenvalue weighted by Gasteiger charge is -2.22. The van der Waals surface area contributed by atoms with E-state index in [1.54, 1.807) is 20.8 Å². The summed E-state index contributed by atoms with van der Waals surface area (Å²) in [6.45, 7) is 4.57. The first-order valence-corrected chi connectivity index (χ1v) is 11.0. The zero-order valence-corrected chi connectivity index (χ0v) is 20.9. The van der Waals surface area contributed by atoms with Crippen molar-refractivity contribution >= 4 is 35.1 Å². The van der Waals surface area contributed by atoms with Crippen molar-refractivity contribution in [1.82, 2.24) is 4.90 Å². The Balaban J connectivity index is 1.54. The molecule has 0 radical (unpaired) electrons. The highest BCUT2D eigenvalue weighted by atomic mass is 16.7. The van der Waals surface area contributed by atoms with Gasteiger partial charge in [-0.25, -0.2) is 4.79 Å². The van der Waals surface area contributed by atoms with E-state index >= 15 is 0 Å². The molecular weight excluding hydrogens is 504 g/mol. The third-order valence-corrected chi connectivity index (χ3v) is 4.49. The minimum atomic E-state index is -1.06. The molecule has 2 heterocycles. The van der Waals surface area contributed by atoms with Crippen molar-refractivity contribution in [2.24, 2.45) is 10.2 Å². The zero-order chi connectivity index (χ0) is 27.9. The van der Waals surface area contributed by atoms with Crippen LogP contribution < -0.4 is 4.74 Å². The summed E-state index contributed by atoms with van der Waals surface area (Å²) in [7, 11) is 1.43. The van der Waals surface area contributed by atoms with Gasteiger partial charge >= 0.3 is 12.1 Å². The van der Waals surface area contributed by atoms with Crippen molar-refractivity contribution in [2.45, 2.75) is 33.0 Å². The second kappa shape index (κ2) is 11.8. The van der Waals surface area contributed by atoms with Crippen LogP contribution >= 0.6 is 0 Å². The molecular formula is C24H24N4O10. The molecule has 0 fully saturated rings. The fourth-order valence-electron chi connectivity index (χ4n) is 2.85. The van der Waals surface area contributed by atoms with E-state index in [0.29, 0.717) is 0 Å². The summed E-state index contributed by atoms with van der Waals surface area (Å²) in [4.78, 5) is 47.6. The largest absolute Gasteiger partial charge is 0.514 e. The van der Waals surface area contributed by atoms with E-state index in [-0.39, 0.29) is 47.5 Å². The first-order chi connectivity index (χ1) is 17.9. The molecule has 1 amide bonds. The minimum Gasteiger partial charge on any atom is -0.463 e. The summed E-state index contributed by atoms with van der Waals surface area (Å²) in [6.07, 6.45) is 1.45. The van der Waals surface area contributed by atoms with Gasteiger partial charge in [0.15, 0.2) is 18.1 Å². The van der Waals surface area contributed by atoms with E-state index in [1.807, 2.05) is 0 Å². The molecule has 0 unspecified atom stereocenters. The number of furan rings is 2. The molecule has 14 nitrogen and oxygen atoms in total. The number of azo groups is 1. The molecule has 0 bridgehead atoms. The Labute approximate surface area is 215 Å². The van der Waals surface area contributed by atoms with Gasteiger partial charge in [0.2, 0.25) is 0 Å². The molecule has 2 aromatic heterocycles. The quantitative estimate of drug-likeness (QED) is 0.116. The highest BCUT2D eigenvalue weighted by molar-refractivity contribution is 5.94. The van der Waals surface area contributed by atoms with Gasteiger partial charge in [0, 0.05) is 31.3 Å². The van der Waals surface area contributed by atoms with Crippen LogP contribution in [0.4, 0.5) is 21.9 Å². The smallest absolute Gasteiger partial charge is 0.463 e. The first kappa shape index (κ1) is 27.6. The van der Waals surface area contributed by atoms with E-state index < -0.39 is 28.6 Å². The van der Waals surface area contributed by atoms with Crippen LogP contribution in [0.3, 0.4) is 0 Å². The fourth-order valence-corrected chi connectivity index (χ4v) is 2.85. The molecule has 0 atom stereocenters. The summed E-state index contributed by atoms with van der Waals surface area (Å²) in [5, 5.41) is 18.7. The monoisotopic (exact) mass is 528 g/mol. The SMILES string of the molecule is CN(CC(=O)OC(C)(C)C)C(=O)c1cc(N=Nc2ccoc2COC(=O)Oc2ccc([N+](=O)[O-])cc2)co1. The standard InChI is InChI=1S/C24H24N4O10/c1-24(2,3)38-21(29)12-27(4)22(30)19-11-15(13-35-19)25-26-18-9-10-34-20(18)14-36-23(31)37-17-7-5-16(6-8-17)28(32)33/h5-11,13H,12,14H2,1-4H3. The molecule has 0 aliphatic carbocycles. The van der Waals surface area contributed by atoms with Crippen LogP contribution in [-0.2, 0) is 20.9 Å². The Morgan fingerprint density at radius 3 is 2.45 bits per heavy atom. The number of hydrogen-bond acceptors (Lipinski definition) is 12. The molecule has 0 saturated carbocycles. The second-order valence-electron chi connectivity index (χ2n) is 8.74. The number of rotatable bonds is 9. The van der Waals surface area contributed by atoms with E-state index in [9.17, 15) is 24.5 Å². The second-order valence-corrected chi connectivity index (χ2v) is 8.74. The fraction of sp³-hybridized carbons (Fsp3) is 0.292. The number of nitro benzene ring substituents is 1. The Kier molecular flexibility index (Phi) is 8.57. The van der Waals surface area contributed by atoms with Crippen LogP contribution in [0, 0.1) is 10.1 Å². The summed E-state index contributed by atoms with van der Waals surface area (Å²) < 4.78 is 25.6. The van der Waals surface area contributed by atoms with Crippen LogP contribution in [0.2, 0.25) is 0 Å². The van der Waals surface area contributed by atoms with Crippen molar-refractivity contribution in [2.75, 3.05) is 13.6 Å². The number of benzene rings is 1. The molecule has 0 aliphatic rings. The molecule has 200 valence electrons. The average molecular weight is 528 g/mol. The zero-order valence-electron chi connectivity index (χ0n) is 20.9. The van der Waals surface area contributed by atoms with Crippen molar-refractivity contribution in [3.05, 3.63) is 70.6 Å². The Morgan fingerprint density at radius 1 is 1.08 bits per heavy atom. The molecule has 3 rings (SSSR count). The number of nitro groups is 1. The summed E-state index contributed by atoms with van der Waals surface area (Å²) in [6, 6.07) is 7.69. The predicted molar refractivity (Wildman–Crippen MR) is 128 cm³/mol. The van der Waals surface area contributed by atoms with Crippen molar-refractivity contribution < 1.29 is 42.4 Å². The molecule has 0 spiro atoms. The van der Waals surface area contributed by atoms with Crippen molar-refractivity contribution in [3.8, 4) is 5.75 Å². The Morgan fingerprint density at radius 2 is 1.79 bits per heavy atom. The number of ether oxygens (including phenoxy) is 3. The number of amides is 1. The molecule has 3 aromatic rings. The van der Waals surface area contributed by atoms with Crippen LogP contribution in [0.1, 0.15) is 37.1 Å².